The SMILES string of the molecule is Cc1ccc(N2C(=O)C(Cl)=C(Nc3cccc(C(=O)N4CCCC(C)C4)c3)C2=O)c(C)c1. The summed E-state index contributed by atoms with van der Waals surface area (Å²) in [6, 6.07) is 12.4. The van der Waals surface area contributed by atoms with Crippen molar-refractivity contribution in [2.45, 2.75) is 33.6 Å². The van der Waals surface area contributed by atoms with Crippen molar-refractivity contribution >= 4 is 40.7 Å². The van der Waals surface area contributed by atoms with Gasteiger partial charge in [0.2, 0.25) is 0 Å². The summed E-state index contributed by atoms with van der Waals surface area (Å²) in [6.45, 7) is 7.43. The zero-order valence-corrected chi connectivity index (χ0v) is 19.2. The van der Waals surface area contributed by atoms with Crippen LogP contribution in [0.2, 0.25) is 0 Å². The number of piperidine rings is 1. The number of nitrogens with one attached hydrogen (secondary N) is 1. The fourth-order valence-electron chi connectivity index (χ4n) is 4.32. The third-order valence-electron chi connectivity index (χ3n) is 5.94. The molecule has 1 saturated heterocycles. The first-order valence-electron chi connectivity index (χ1n) is 10.8. The number of imide groups is 1. The number of hydrogen-bond acceptors (Lipinski definition) is 4. The Morgan fingerprint density at radius 2 is 1.88 bits per heavy atom. The maximum absolute atomic E-state index is 13.1. The normalized spacial score (nSPS) is 19.1. The van der Waals surface area contributed by atoms with E-state index in [4.69, 9.17) is 11.6 Å². The van der Waals surface area contributed by atoms with Gasteiger partial charge in [-0.25, -0.2) is 4.90 Å². The van der Waals surface area contributed by atoms with Gasteiger partial charge in [0.1, 0.15) is 10.7 Å². The summed E-state index contributed by atoms with van der Waals surface area (Å²) in [5.74, 6) is -0.642. The summed E-state index contributed by atoms with van der Waals surface area (Å²) in [7, 11) is 0. The number of carbonyl (C=O) groups is 3. The lowest BCUT2D eigenvalue weighted by atomic mass is 9.99. The van der Waals surface area contributed by atoms with Crippen molar-refractivity contribution in [2.75, 3.05) is 23.3 Å². The van der Waals surface area contributed by atoms with E-state index in [1.807, 2.05) is 30.9 Å². The second-order valence-corrected chi connectivity index (χ2v) is 9.01. The molecule has 2 aromatic rings. The highest BCUT2D eigenvalue weighted by atomic mass is 35.5. The van der Waals surface area contributed by atoms with Crippen molar-refractivity contribution in [3.8, 4) is 0 Å². The summed E-state index contributed by atoms with van der Waals surface area (Å²) in [5.41, 5.74) is 3.41. The molecule has 6 nitrogen and oxygen atoms in total. The number of nitrogens with zero attached hydrogens (tertiary/aromatic N) is 2. The minimum Gasteiger partial charge on any atom is -0.350 e. The molecule has 1 atom stereocenters. The maximum Gasteiger partial charge on any atom is 0.283 e. The number of halogens is 1. The van der Waals surface area contributed by atoms with Gasteiger partial charge in [-0.1, -0.05) is 42.3 Å². The van der Waals surface area contributed by atoms with Gasteiger partial charge in [0.25, 0.3) is 17.7 Å². The quantitative estimate of drug-likeness (QED) is 0.689. The average Bonchev–Trinajstić information content (AvgIpc) is 2.97. The van der Waals surface area contributed by atoms with Gasteiger partial charge in [-0.15, -0.1) is 0 Å². The highest BCUT2D eigenvalue weighted by molar-refractivity contribution is 6.53. The van der Waals surface area contributed by atoms with Crippen LogP contribution in [0.4, 0.5) is 11.4 Å². The lowest BCUT2D eigenvalue weighted by Crippen LogP contribution is -2.39. The maximum atomic E-state index is 13.1. The van der Waals surface area contributed by atoms with Crippen molar-refractivity contribution in [2.24, 2.45) is 5.92 Å². The molecule has 0 spiro atoms. The number of benzene rings is 2. The number of aryl methyl sites for hydroxylation is 2. The molecule has 1 fully saturated rings. The summed E-state index contributed by atoms with van der Waals surface area (Å²) in [4.78, 5) is 41.8. The topological polar surface area (TPSA) is 69.7 Å². The molecule has 2 heterocycles. The van der Waals surface area contributed by atoms with Crippen LogP contribution in [-0.2, 0) is 9.59 Å². The monoisotopic (exact) mass is 451 g/mol. The van der Waals surface area contributed by atoms with E-state index in [9.17, 15) is 14.4 Å². The van der Waals surface area contributed by atoms with Gasteiger partial charge < -0.3 is 10.2 Å². The van der Waals surface area contributed by atoms with E-state index in [-0.39, 0.29) is 16.6 Å². The smallest absolute Gasteiger partial charge is 0.283 e. The molecule has 4 rings (SSSR count). The van der Waals surface area contributed by atoms with Crippen LogP contribution in [0, 0.1) is 19.8 Å². The summed E-state index contributed by atoms with van der Waals surface area (Å²) in [5, 5.41) is 2.80. The Morgan fingerprint density at radius 1 is 1.09 bits per heavy atom. The van der Waals surface area contributed by atoms with Crippen LogP contribution in [-0.4, -0.2) is 35.7 Å². The van der Waals surface area contributed by atoms with Crippen LogP contribution in [0.25, 0.3) is 0 Å². The molecular formula is C25H26ClN3O3. The van der Waals surface area contributed by atoms with Crippen LogP contribution in [0.3, 0.4) is 0 Å². The van der Waals surface area contributed by atoms with Crippen LogP contribution < -0.4 is 10.2 Å². The van der Waals surface area contributed by atoms with Crippen LogP contribution >= 0.6 is 11.6 Å². The van der Waals surface area contributed by atoms with Crippen molar-refractivity contribution in [1.82, 2.24) is 4.90 Å². The zero-order valence-electron chi connectivity index (χ0n) is 18.4. The van der Waals surface area contributed by atoms with E-state index >= 15 is 0 Å². The number of hydrogen-bond donors (Lipinski definition) is 1. The largest absolute Gasteiger partial charge is 0.350 e. The van der Waals surface area contributed by atoms with Gasteiger partial charge in [0.05, 0.1) is 5.69 Å². The van der Waals surface area contributed by atoms with Crippen molar-refractivity contribution < 1.29 is 14.4 Å². The minimum atomic E-state index is -0.569. The molecule has 2 aromatic carbocycles. The second kappa shape index (κ2) is 8.79. The number of amides is 3. The fourth-order valence-corrected chi connectivity index (χ4v) is 4.53. The molecule has 3 amide bonds. The van der Waals surface area contributed by atoms with Gasteiger partial charge in [-0.2, -0.15) is 0 Å². The highest BCUT2D eigenvalue weighted by Crippen LogP contribution is 2.32. The van der Waals surface area contributed by atoms with Crippen molar-refractivity contribution in [3.05, 3.63) is 69.9 Å². The second-order valence-electron chi connectivity index (χ2n) is 8.63. The van der Waals surface area contributed by atoms with E-state index in [0.29, 0.717) is 22.9 Å². The Balaban J connectivity index is 1.56. The molecular weight excluding hydrogens is 426 g/mol. The lowest BCUT2D eigenvalue weighted by molar-refractivity contribution is -0.120. The Bertz CT molecular complexity index is 1140. The van der Waals surface area contributed by atoms with E-state index in [0.717, 1.165) is 42.0 Å². The average molecular weight is 452 g/mol. The lowest BCUT2D eigenvalue weighted by Gasteiger charge is -2.31. The van der Waals surface area contributed by atoms with Gasteiger partial charge in [0, 0.05) is 24.3 Å². The molecule has 0 saturated carbocycles. The first-order valence-corrected chi connectivity index (χ1v) is 11.2. The molecule has 7 heteroatoms. The number of rotatable bonds is 4. The Morgan fingerprint density at radius 3 is 2.59 bits per heavy atom. The summed E-state index contributed by atoms with van der Waals surface area (Å²) in [6.07, 6.45) is 2.13. The number of carbonyl (C=O) groups excluding carboxylic acids is 3. The predicted octanol–water partition coefficient (Wildman–Crippen LogP) is 4.61. The van der Waals surface area contributed by atoms with E-state index in [1.54, 1.807) is 30.3 Å². The first-order chi connectivity index (χ1) is 15.3. The minimum absolute atomic E-state index is 0.00725. The molecule has 32 heavy (non-hydrogen) atoms. The van der Waals surface area contributed by atoms with Crippen molar-refractivity contribution in [1.29, 1.82) is 0 Å². The molecule has 166 valence electrons. The fraction of sp³-hybridized carbons (Fsp3) is 0.320. The van der Waals surface area contributed by atoms with E-state index in [2.05, 4.69) is 12.2 Å². The third-order valence-corrected chi connectivity index (χ3v) is 6.29. The molecule has 0 bridgehead atoms. The van der Waals surface area contributed by atoms with Gasteiger partial charge in [-0.3, -0.25) is 14.4 Å². The highest BCUT2D eigenvalue weighted by Gasteiger charge is 2.39. The third kappa shape index (κ3) is 4.15. The van der Waals surface area contributed by atoms with E-state index in [1.165, 1.54) is 0 Å². The van der Waals surface area contributed by atoms with Crippen LogP contribution in [0.15, 0.2) is 53.2 Å². The van der Waals surface area contributed by atoms with E-state index < -0.39 is 11.8 Å². The van der Waals surface area contributed by atoms with Gasteiger partial charge >= 0.3 is 0 Å². The molecule has 1 unspecified atom stereocenters. The predicted molar refractivity (Wildman–Crippen MR) is 126 cm³/mol. The molecule has 1 N–H and O–H groups in total. The zero-order chi connectivity index (χ0) is 23.0. The van der Waals surface area contributed by atoms with Crippen molar-refractivity contribution in [3.63, 3.8) is 0 Å². The molecule has 0 aliphatic carbocycles. The number of likely N-dealkylation sites (tertiary alicyclic amines) is 1. The molecule has 0 radical (unpaired) electrons. The molecule has 0 aromatic heterocycles. The molecule has 2 aliphatic heterocycles. The Labute approximate surface area is 192 Å². The van der Waals surface area contributed by atoms with Crippen LogP contribution in [0.1, 0.15) is 41.3 Å². The Hall–Kier alpha value is -3.12. The first kappa shape index (κ1) is 22.1. The standard InChI is InChI=1S/C25H26ClN3O3/c1-15-9-10-20(17(3)12-15)29-24(31)21(26)22(25(29)32)27-19-8-4-7-18(13-19)23(30)28-11-5-6-16(2)14-28/h4,7-10,12-13,16,27H,5-6,11,14H2,1-3H3. The molecule has 2 aliphatic rings. The Kier molecular flexibility index (Phi) is 6.07. The summed E-state index contributed by atoms with van der Waals surface area (Å²) < 4.78 is 0. The number of anilines is 2. The van der Waals surface area contributed by atoms with Gasteiger partial charge in [-0.05, 0) is 62.4 Å². The van der Waals surface area contributed by atoms with Gasteiger partial charge in [0.15, 0.2) is 0 Å². The van der Waals surface area contributed by atoms with Crippen LogP contribution in [0.5, 0.6) is 0 Å². The summed E-state index contributed by atoms with van der Waals surface area (Å²) >= 11 is 6.27.